The Hall–Kier alpha value is -2.10. The SMILES string of the molecule is Clc1cc(Cl)cc(C/C=C/c2ccc(-n3cncn3)cc2)c1. The van der Waals surface area contributed by atoms with Crippen molar-refractivity contribution in [3.05, 3.63) is 82.4 Å². The maximum Gasteiger partial charge on any atom is 0.138 e. The van der Waals surface area contributed by atoms with E-state index in [9.17, 15) is 0 Å². The lowest BCUT2D eigenvalue weighted by Crippen LogP contribution is -1.93. The standard InChI is InChI=1S/C17H13Cl2N3/c18-15-8-14(9-16(19)10-15)3-1-2-13-4-6-17(7-5-13)22-12-20-11-21-22/h1-2,4-12H,3H2/b2-1+. The first-order chi connectivity index (χ1) is 10.7. The van der Waals surface area contributed by atoms with Crippen molar-refractivity contribution in [2.24, 2.45) is 0 Å². The summed E-state index contributed by atoms with van der Waals surface area (Å²) in [4.78, 5) is 3.93. The summed E-state index contributed by atoms with van der Waals surface area (Å²) in [6.45, 7) is 0. The van der Waals surface area contributed by atoms with E-state index < -0.39 is 0 Å². The summed E-state index contributed by atoms with van der Waals surface area (Å²) in [5.41, 5.74) is 3.20. The molecule has 3 aromatic rings. The quantitative estimate of drug-likeness (QED) is 0.686. The third-order valence-electron chi connectivity index (χ3n) is 3.16. The third kappa shape index (κ3) is 3.75. The second kappa shape index (κ2) is 6.77. The number of hydrogen-bond acceptors (Lipinski definition) is 2. The van der Waals surface area contributed by atoms with E-state index in [1.165, 1.54) is 6.33 Å². The third-order valence-corrected chi connectivity index (χ3v) is 3.60. The molecule has 0 atom stereocenters. The van der Waals surface area contributed by atoms with Gasteiger partial charge in [0.25, 0.3) is 0 Å². The van der Waals surface area contributed by atoms with Crippen LogP contribution in [-0.4, -0.2) is 14.8 Å². The Morgan fingerprint density at radius 1 is 1.00 bits per heavy atom. The van der Waals surface area contributed by atoms with Gasteiger partial charge in [-0.3, -0.25) is 0 Å². The van der Waals surface area contributed by atoms with Gasteiger partial charge < -0.3 is 0 Å². The van der Waals surface area contributed by atoms with Crippen LogP contribution in [0.15, 0.2) is 61.2 Å². The molecule has 2 aromatic carbocycles. The summed E-state index contributed by atoms with van der Waals surface area (Å²) in [5.74, 6) is 0. The van der Waals surface area contributed by atoms with Crippen LogP contribution >= 0.6 is 23.2 Å². The fourth-order valence-corrected chi connectivity index (χ4v) is 2.71. The van der Waals surface area contributed by atoms with Crippen LogP contribution in [0.2, 0.25) is 10.0 Å². The molecule has 5 heteroatoms. The van der Waals surface area contributed by atoms with Gasteiger partial charge in [0.1, 0.15) is 12.7 Å². The maximum atomic E-state index is 5.99. The molecule has 110 valence electrons. The van der Waals surface area contributed by atoms with E-state index in [2.05, 4.69) is 22.2 Å². The average molecular weight is 330 g/mol. The van der Waals surface area contributed by atoms with Crippen LogP contribution in [-0.2, 0) is 6.42 Å². The monoisotopic (exact) mass is 329 g/mol. The molecule has 0 radical (unpaired) electrons. The fraction of sp³-hybridized carbons (Fsp3) is 0.0588. The van der Waals surface area contributed by atoms with Gasteiger partial charge in [-0.1, -0.05) is 47.5 Å². The Kier molecular flexibility index (Phi) is 4.56. The Labute approximate surface area is 138 Å². The molecule has 0 N–H and O–H groups in total. The molecule has 1 heterocycles. The highest BCUT2D eigenvalue weighted by atomic mass is 35.5. The van der Waals surface area contributed by atoms with Crippen molar-refractivity contribution >= 4 is 29.3 Å². The van der Waals surface area contributed by atoms with Gasteiger partial charge in [-0.15, -0.1) is 0 Å². The maximum absolute atomic E-state index is 5.99. The van der Waals surface area contributed by atoms with Gasteiger partial charge in [0, 0.05) is 10.0 Å². The van der Waals surface area contributed by atoms with Crippen molar-refractivity contribution in [2.45, 2.75) is 6.42 Å². The van der Waals surface area contributed by atoms with E-state index >= 15 is 0 Å². The van der Waals surface area contributed by atoms with Gasteiger partial charge >= 0.3 is 0 Å². The number of nitrogens with zero attached hydrogens (tertiary/aromatic N) is 3. The first kappa shape index (κ1) is 14.8. The van der Waals surface area contributed by atoms with Crippen LogP contribution in [0.5, 0.6) is 0 Å². The molecule has 0 bridgehead atoms. The summed E-state index contributed by atoms with van der Waals surface area (Å²) in [6.07, 6.45) is 8.13. The number of allylic oxidation sites excluding steroid dienone is 1. The lowest BCUT2D eigenvalue weighted by atomic mass is 10.1. The molecule has 0 amide bonds. The summed E-state index contributed by atoms with van der Waals surface area (Å²) in [7, 11) is 0. The highest BCUT2D eigenvalue weighted by molar-refractivity contribution is 6.34. The molecule has 3 rings (SSSR count). The number of rotatable bonds is 4. The van der Waals surface area contributed by atoms with Crippen LogP contribution in [0, 0.1) is 0 Å². The molecule has 0 saturated heterocycles. The van der Waals surface area contributed by atoms with Crippen molar-refractivity contribution in [1.82, 2.24) is 14.8 Å². The molecule has 0 spiro atoms. The van der Waals surface area contributed by atoms with Crippen molar-refractivity contribution in [2.75, 3.05) is 0 Å². The average Bonchev–Trinajstić information content (AvgIpc) is 3.01. The minimum absolute atomic E-state index is 0.660. The molecular weight excluding hydrogens is 317 g/mol. The second-order valence-corrected chi connectivity index (χ2v) is 5.69. The highest BCUT2D eigenvalue weighted by Crippen LogP contribution is 2.20. The first-order valence-electron chi connectivity index (χ1n) is 6.77. The number of halogens is 2. The molecule has 0 aliphatic rings. The number of hydrogen-bond donors (Lipinski definition) is 0. The summed E-state index contributed by atoms with van der Waals surface area (Å²) < 4.78 is 1.72. The Balaban J connectivity index is 1.68. The molecule has 0 unspecified atom stereocenters. The Morgan fingerprint density at radius 2 is 1.73 bits per heavy atom. The van der Waals surface area contributed by atoms with E-state index in [0.29, 0.717) is 10.0 Å². The molecular formula is C17H13Cl2N3. The van der Waals surface area contributed by atoms with Crippen LogP contribution in [0.4, 0.5) is 0 Å². The van der Waals surface area contributed by atoms with Gasteiger partial charge in [-0.05, 0) is 47.9 Å². The summed E-state index contributed by atoms with van der Waals surface area (Å²) in [6, 6.07) is 13.7. The van der Waals surface area contributed by atoms with Gasteiger partial charge in [0.2, 0.25) is 0 Å². The summed E-state index contributed by atoms with van der Waals surface area (Å²) in [5, 5.41) is 5.42. The fourth-order valence-electron chi connectivity index (χ4n) is 2.14. The second-order valence-electron chi connectivity index (χ2n) is 4.82. The predicted octanol–water partition coefficient (Wildman–Crippen LogP) is 4.83. The van der Waals surface area contributed by atoms with Crippen molar-refractivity contribution in [1.29, 1.82) is 0 Å². The normalized spacial score (nSPS) is 11.2. The van der Waals surface area contributed by atoms with E-state index in [1.807, 2.05) is 36.4 Å². The minimum atomic E-state index is 0.660. The van der Waals surface area contributed by atoms with E-state index in [4.69, 9.17) is 23.2 Å². The van der Waals surface area contributed by atoms with Crippen molar-refractivity contribution < 1.29 is 0 Å². The first-order valence-corrected chi connectivity index (χ1v) is 7.53. The zero-order valence-corrected chi connectivity index (χ0v) is 13.2. The van der Waals surface area contributed by atoms with Crippen molar-refractivity contribution in [3.8, 4) is 5.69 Å². The molecule has 0 aliphatic heterocycles. The Morgan fingerprint density at radius 3 is 2.36 bits per heavy atom. The summed E-state index contributed by atoms with van der Waals surface area (Å²) >= 11 is 12.0. The van der Waals surface area contributed by atoms with E-state index in [0.717, 1.165) is 23.2 Å². The van der Waals surface area contributed by atoms with Crippen LogP contribution in [0.25, 0.3) is 11.8 Å². The molecule has 1 aromatic heterocycles. The van der Waals surface area contributed by atoms with Gasteiger partial charge in [0.05, 0.1) is 5.69 Å². The Bertz CT molecular complexity index is 758. The van der Waals surface area contributed by atoms with Gasteiger partial charge in [0.15, 0.2) is 0 Å². The minimum Gasteiger partial charge on any atom is -0.223 e. The lowest BCUT2D eigenvalue weighted by molar-refractivity contribution is 0.879. The van der Waals surface area contributed by atoms with Crippen LogP contribution in [0.1, 0.15) is 11.1 Å². The van der Waals surface area contributed by atoms with Crippen molar-refractivity contribution in [3.63, 3.8) is 0 Å². The van der Waals surface area contributed by atoms with Gasteiger partial charge in [-0.25, -0.2) is 9.67 Å². The molecule has 0 fully saturated rings. The number of aromatic nitrogens is 3. The van der Waals surface area contributed by atoms with E-state index in [1.54, 1.807) is 17.1 Å². The molecule has 0 aliphatic carbocycles. The van der Waals surface area contributed by atoms with Crippen LogP contribution in [0.3, 0.4) is 0 Å². The smallest absolute Gasteiger partial charge is 0.138 e. The van der Waals surface area contributed by atoms with Gasteiger partial charge in [-0.2, -0.15) is 5.10 Å². The van der Waals surface area contributed by atoms with E-state index in [-0.39, 0.29) is 0 Å². The molecule has 0 saturated carbocycles. The highest BCUT2D eigenvalue weighted by Gasteiger charge is 1.97. The largest absolute Gasteiger partial charge is 0.223 e. The van der Waals surface area contributed by atoms with Crippen LogP contribution < -0.4 is 0 Å². The molecule has 22 heavy (non-hydrogen) atoms. The predicted molar refractivity (Wildman–Crippen MR) is 90.6 cm³/mol. The topological polar surface area (TPSA) is 30.7 Å². The zero-order valence-electron chi connectivity index (χ0n) is 11.7. The molecule has 3 nitrogen and oxygen atoms in total. The lowest BCUT2D eigenvalue weighted by Gasteiger charge is -2.01. The zero-order chi connectivity index (χ0) is 15.4. The number of benzene rings is 2.